The maximum Gasteiger partial charge on any atom is 0.303 e. The molecule has 0 radical (unpaired) electrons. The van der Waals surface area contributed by atoms with Crippen LogP contribution in [0.15, 0.2) is 27.2 Å². The normalized spacial score (nSPS) is 12.3. The van der Waals surface area contributed by atoms with E-state index in [0.717, 1.165) is 0 Å². The van der Waals surface area contributed by atoms with Crippen molar-refractivity contribution < 1.29 is 18.8 Å². The maximum absolute atomic E-state index is 13.3. The van der Waals surface area contributed by atoms with Gasteiger partial charge in [-0.25, -0.2) is 4.39 Å². The maximum atomic E-state index is 13.3. The van der Waals surface area contributed by atoms with Crippen LogP contribution in [0.1, 0.15) is 19.2 Å². The highest BCUT2D eigenvalue weighted by Gasteiger charge is 2.15. The molecule has 0 saturated carbocycles. The number of hydrogen-bond acceptors (Lipinski definition) is 4. The number of halogens is 2. The molecule has 0 amide bonds. The van der Waals surface area contributed by atoms with Gasteiger partial charge in [0, 0.05) is 22.9 Å². The number of carboxylic acid groups (broad SMARTS) is 1. The minimum Gasteiger partial charge on any atom is -0.481 e. The molecule has 0 fully saturated rings. The quantitative estimate of drug-likeness (QED) is 0.902. The second-order valence-electron chi connectivity index (χ2n) is 4.58. The zero-order valence-electron chi connectivity index (χ0n) is 10.6. The van der Waals surface area contributed by atoms with Gasteiger partial charge in [-0.15, -0.1) is 0 Å². The van der Waals surface area contributed by atoms with E-state index in [1.165, 1.54) is 12.1 Å². The Balaban J connectivity index is 2.14. The van der Waals surface area contributed by atoms with Gasteiger partial charge in [0.05, 0.1) is 0 Å². The highest BCUT2D eigenvalue weighted by atomic mass is 79.9. The molecule has 1 aromatic heterocycles. The molecule has 0 aliphatic carbocycles. The van der Waals surface area contributed by atoms with Crippen LogP contribution in [0.5, 0.6) is 0 Å². The van der Waals surface area contributed by atoms with E-state index < -0.39 is 11.8 Å². The van der Waals surface area contributed by atoms with Crippen LogP contribution < -0.4 is 0 Å². The fraction of sp³-hybridized carbons (Fsp3) is 0.308. The molecule has 2 rings (SSSR count). The van der Waals surface area contributed by atoms with Crippen LogP contribution in [0.25, 0.3) is 11.4 Å². The second kappa shape index (κ2) is 6.13. The molecule has 0 spiro atoms. The monoisotopic (exact) mass is 342 g/mol. The van der Waals surface area contributed by atoms with Crippen LogP contribution in [-0.4, -0.2) is 21.2 Å². The summed E-state index contributed by atoms with van der Waals surface area (Å²) in [4.78, 5) is 14.7. The second-order valence-corrected chi connectivity index (χ2v) is 5.49. The predicted molar refractivity (Wildman–Crippen MR) is 72.5 cm³/mol. The smallest absolute Gasteiger partial charge is 0.303 e. The lowest BCUT2D eigenvalue weighted by molar-refractivity contribution is -0.137. The first kappa shape index (κ1) is 14.6. The Hall–Kier alpha value is -1.76. The lowest BCUT2D eigenvalue weighted by atomic mass is 10.0. The average molecular weight is 343 g/mol. The van der Waals surface area contributed by atoms with Crippen LogP contribution in [-0.2, 0) is 11.2 Å². The van der Waals surface area contributed by atoms with Crippen LogP contribution in [0.2, 0.25) is 0 Å². The number of carbonyl (C=O) groups is 1. The molecule has 1 unspecified atom stereocenters. The third kappa shape index (κ3) is 3.86. The van der Waals surface area contributed by atoms with Crippen LogP contribution in [0, 0.1) is 11.7 Å². The third-order valence-electron chi connectivity index (χ3n) is 2.64. The number of aromatic nitrogens is 2. The number of carboxylic acids is 1. The minimum atomic E-state index is -0.869. The zero-order chi connectivity index (χ0) is 14.7. The molecule has 1 heterocycles. The first-order valence-corrected chi connectivity index (χ1v) is 6.74. The van der Waals surface area contributed by atoms with Gasteiger partial charge in [-0.1, -0.05) is 28.0 Å². The predicted octanol–water partition coefficient (Wildman–Crippen LogP) is 3.29. The summed E-state index contributed by atoms with van der Waals surface area (Å²) in [5, 5.41) is 12.5. The van der Waals surface area contributed by atoms with Crippen molar-refractivity contribution in [2.45, 2.75) is 19.8 Å². The number of rotatable bonds is 5. The molecule has 0 bridgehead atoms. The van der Waals surface area contributed by atoms with Crippen molar-refractivity contribution in [3.63, 3.8) is 0 Å². The molecular formula is C13H12BrFN2O3. The summed E-state index contributed by atoms with van der Waals surface area (Å²) in [6.07, 6.45) is 0.402. The van der Waals surface area contributed by atoms with E-state index in [9.17, 15) is 9.18 Å². The van der Waals surface area contributed by atoms with Gasteiger partial charge in [0.2, 0.25) is 11.7 Å². The van der Waals surface area contributed by atoms with Gasteiger partial charge in [0.25, 0.3) is 0 Å². The van der Waals surface area contributed by atoms with E-state index in [4.69, 9.17) is 9.63 Å². The van der Waals surface area contributed by atoms with Gasteiger partial charge >= 0.3 is 5.97 Å². The van der Waals surface area contributed by atoms with Crippen molar-refractivity contribution in [1.82, 2.24) is 10.1 Å². The third-order valence-corrected chi connectivity index (χ3v) is 3.09. The van der Waals surface area contributed by atoms with E-state index >= 15 is 0 Å². The van der Waals surface area contributed by atoms with Crippen molar-refractivity contribution >= 4 is 21.9 Å². The van der Waals surface area contributed by atoms with Gasteiger partial charge in [-0.3, -0.25) is 4.79 Å². The van der Waals surface area contributed by atoms with Crippen molar-refractivity contribution in [2.24, 2.45) is 5.92 Å². The molecular weight excluding hydrogens is 331 g/mol. The van der Waals surface area contributed by atoms with Gasteiger partial charge in [-0.2, -0.15) is 4.98 Å². The van der Waals surface area contributed by atoms with Crippen molar-refractivity contribution in [3.05, 3.63) is 34.4 Å². The van der Waals surface area contributed by atoms with Gasteiger partial charge in [-0.05, 0) is 24.1 Å². The SMILES string of the molecule is CC(CC(=O)O)Cc1nc(-c2cc(F)cc(Br)c2)no1. The van der Waals surface area contributed by atoms with Gasteiger partial charge in [0.1, 0.15) is 5.82 Å². The standard InChI is InChI=1S/C13H12BrFN2O3/c1-7(3-12(18)19)2-11-16-13(17-20-11)8-4-9(14)6-10(15)5-8/h4-7H,2-3H2,1H3,(H,18,19). The molecule has 106 valence electrons. The Morgan fingerprint density at radius 3 is 2.90 bits per heavy atom. The molecule has 0 saturated heterocycles. The Morgan fingerprint density at radius 2 is 2.25 bits per heavy atom. The molecule has 1 atom stereocenters. The molecule has 7 heteroatoms. The van der Waals surface area contributed by atoms with Gasteiger partial charge < -0.3 is 9.63 Å². The Bertz CT molecular complexity index is 610. The highest BCUT2D eigenvalue weighted by Crippen LogP contribution is 2.23. The number of hydrogen-bond donors (Lipinski definition) is 1. The lowest BCUT2D eigenvalue weighted by Crippen LogP contribution is -2.07. The molecule has 2 aromatic rings. The van der Waals surface area contributed by atoms with Crippen LogP contribution in [0.3, 0.4) is 0 Å². The fourth-order valence-corrected chi connectivity index (χ4v) is 2.27. The summed E-state index contributed by atoms with van der Waals surface area (Å²) in [7, 11) is 0. The van der Waals surface area contributed by atoms with Crippen LogP contribution in [0.4, 0.5) is 4.39 Å². The summed E-state index contributed by atoms with van der Waals surface area (Å²) in [6, 6.07) is 4.32. The van der Waals surface area contributed by atoms with Crippen molar-refractivity contribution in [2.75, 3.05) is 0 Å². The first-order valence-electron chi connectivity index (χ1n) is 5.95. The van der Waals surface area contributed by atoms with Crippen molar-refractivity contribution in [1.29, 1.82) is 0 Å². The lowest BCUT2D eigenvalue weighted by Gasteiger charge is -2.03. The molecule has 1 aromatic carbocycles. The van der Waals surface area contributed by atoms with E-state index in [0.29, 0.717) is 22.3 Å². The van der Waals surface area contributed by atoms with Crippen molar-refractivity contribution in [3.8, 4) is 11.4 Å². The summed E-state index contributed by atoms with van der Waals surface area (Å²) in [5.41, 5.74) is 0.498. The summed E-state index contributed by atoms with van der Waals surface area (Å²) in [5.74, 6) is -0.761. The number of benzene rings is 1. The minimum absolute atomic E-state index is 0.0310. The largest absolute Gasteiger partial charge is 0.481 e. The van der Waals surface area contributed by atoms with E-state index in [1.807, 2.05) is 0 Å². The van der Waals surface area contributed by atoms with Crippen LogP contribution >= 0.6 is 15.9 Å². The van der Waals surface area contributed by atoms with E-state index in [1.54, 1.807) is 13.0 Å². The highest BCUT2D eigenvalue weighted by molar-refractivity contribution is 9.10. The Morgan fingerprint density at radius 1 is 1.50 bits per heavy atom. The van der Waals surface area contributed by atoms with Gasteiger partial charge in [0.15, 0.2) is 0 Å². The molecule has 20 heavy (non-hydrogen) atoms. The Labute approximate surface area is 122 Å². The number of nitrogens with zero attached hydrogens (tertiary/aromatic N) is 2. The Kier molecular flexibility index (Phi) is 4.49. The summed E-state index contributed by atoms with van der Waals surface area (Å²) in [6.45, 7) is 1.79. The summed E-state index contributed by atoms with van der Waals surface area (Å²) < 4.78 is 18.9. The van der Waals surface area contributed by atoms with E-state index in [-0.39, 0.29) is 18.2 Å². The molecule has 5 nitrogen and oxygen atoms in total. The molecule has 0 aliphatic rings. The number of aliphatic carboxylic acids is 1. The topological polar surface area (TPSA) is 76.2 Å². The van der Waals surface area contributed by atoms with E-state index in [2.05, 4.69) is 26.1 Å². The summed E-state index contributed by atoms with van der Waals surface area (Å²) >= 11 is 3.19. The first-order chi connectivity index (χ1) is 9.44. The average Bonchev–Trinajstić information content (AvgIpc) is 2.74. The zero-order valence-corrected chi connectivity index (χ0v) is 12.2. The molecule has 1 N–H and O–H groups in total. The molecule has 0 aliphatic heterocycles. The fourth-order valence-electron chi connectivity index (χ4n) is 1.81.